The lowest BCUT2D eigenvalue weighted by atomic mass is 10.2. The van der Waals surface area contributed by atoms with Crippen LogP contribution in [0.25, 0.3) is 0 Å². The Labute approximate surface area is 97.3 Å². The van der Waals surface area contributed by atoms with Gasteiger partial charge >= 0.3 is 6.01 Å². The van der Waals surface area contributed by atoms with Crippen molar-refractivity contribution >= 4 is 17.5 Å². The maximum Gasteiger partial charge on any atom is 0.328 e. The lowest BCUT2D eigenvalue weighted by Crippen LogP contribution is -2.00. The first kappa shape index (κ1) is 10.6. The van der Waals surface area contributed by atoms with E-state index < -0.39 is 0 Å². The number of aromatic nitrogens is 3. The molecule has 0 fully saturated rings. The average Bonchev–Trinajstić information content (AvgIpc) is 2.20. The molecule has 16 heavy (non-hydrogen) atoms. The Kier molecular flexibility index (Phi) is 2.87. The van der Waals surface area contributed by atoms with Gasteiger partial charge in [-0.2, -0.15) is 15.0 Å². The lowest BCUT2D eigenvalue weighted by molar-refractivity contribution is 0.440. The number of halogens is 1. The molecule has 0 aliphatic heterocycles. The smallest absolute Gasteiger partial charge is 0.328 e. The second-order valence-electron chi connectivity index (χ2n) is 3.16. The molecule has 0 saturated heterocycles. The number of hydrogen-bond donors (Lipinski definition) is 1. The third-order valence-corrected chi connectivity index (χ3v) is 2.00. The number of benzene rings is 1. The topological polar surface area (TPSA) is 73.9 Å². The van der Waals surface area contributed by atoms with E-state index in [2.05, 4.69) is 15.0 Å². The number of anilines is 1. The van der Waals surface area contributed by atoms with Gasteiger partial charge < -0.3 is 10.5 Å². The normalized spacial score (nSPS) is 10.1. The van der Waals surface area contributed by atoms with E-state index in [1.807, 2.05) is 31.2 Å². The molecule has 82 valence electrons. The van der Waals surface area contributed by atoms with Crippen LogP contribution in [0.2, 0.25) is 5.28 Å². The highest BCUT2D eigenvalue weighted by Gasteiger charge is 2.04. The second kappa shape index (κ2) is 4.32. The molecule has 0 aliphatic rings. The fourth-order valence-corrected chi connectivity index (χ4v) is 1.26. The van der Waals surface area contributed by atoms with Gasteiger partial charge in [0.25, 0.3) is 0 Å². The number of rotatable bonds is 2. The Morgan fingerprint density at radius 1 is 1.12 bits per heavy atom. The molecule has 0 spiro atoms. The first-order valence-electron chi connectivity index (χ1n) is 4.55. The zero-order chi connectivity index (χ0) is 11.5. The highest BCUT2D eigenvalue weighted by Crippen LogP contribution is 2.19. The van der Waals surface area contributed by atoms with Crippen LogP contribution >= 0.6 is 11.6 Å². The highest BCUT2D eigenvalue weighted by atomic mass is 35.5. The maximum absolute atomic E-state index is 5.62. The molecule has 6 heteroatoms. The molecule has 2 N–H and O–H groups in total. The Balaban J connectivity index is 2.23. The van der Waals surface area contributed by atoms with Crippen molar-refractivity contribution < 1.29 is 4.74 Å². The fourth-order valence-electron chi connectivity index (χ4n) is 1.10. The van der Waals surface area contributed by atoms with E-state index in [1.165, 1.54) is 0 Å². The van der Waals surface area contributed by atoms with Gasteiger partial charge in [0.2, 0.25) is 11.2 Å². The third-order valence-electron chi connectivity index (χ3n) is 1.84. The minimum absolute atomic E-state index is 0.00890. The predicted molar refractivity (Wildman–Crippen MR) is 60.5 cm³/mol. The second-order valence-corrected chi connectivity index (χ2v) is 3.50. The maximum atomic E-state index is 5.62. The molecule has 0 bridgehead atoms. The Bertz CT molecular complexity index is 480. The summed E-state index contributed by atoms with van der Waals surface area (Å²) in [7, 11) is 0. The number of nitrogens with zero attached hydrogens (tertiary/aromatic N) is 3. The zero-order valence-electron chi connectivity index (χ0n) is 8.51. The first-order valence-corrected chi connectivity index (χ1v) is 4.93. The Hall–Kier alpha value is -1.88. The number of hydrogen-bond acceptors (Lipinski definition) is 5. The molecule has 5 nitrogen and oxygen atoms in total. The summed E-state index contributed by atoms with van der Waals surface area (Å²) in [5.74, 6) is 0.648. The van der Waals surface area contributed by atoms with Crippen LogP contribution in [-0.4, -0.2) is 15.0 Å². The molecule has 0 saturated carbocycles. The van der Waals surface area contributed by atoms with Gasteiger partial charge in [-0.05, 0) is 30.7 Å². The van der Waals surface area contributed by atoms with E-state index in [9.17, 15) is 0 Å². The molecule has 0 aliphatic carbocycles. The van der Waals surface area contributed by atoms with Gasteiger partial charge in [0, 0.05) is 0 Å². The molecule has 0 radical (unpaired) electrons. The van der Waals surface area contributed by atoms with Gasteiger partial charge in [-0.15, -0.1) is 0 Å². The molecule has 1 aromatic carbocycles. The molecule has 2 rings (SSSR count). The van der Waals surface area contributed by atoms with Crippen molar-refractivity contribution in [1.82, 2.24) is 15.0 Å². The van der Waals surface area contributed by atoms with Crippen molar-refractivity contribution in [2.75, 3.05) is 5.73 Å². The zero-order valence-corrected chi connectivity index (χ0v) is 9.27. The Morgan fingerprint density at radius 3 is 2.44 bits per heavy atom. The van der Waals surface area contributed by atoms with Gasteiger partial charge in [0.1, 0.15) is 5.75 Å². The molecule has 1 heterocycles. The van der Waals surface area contributed by atoms with Crippen LogP contribution in [-0.2, 0) is 0 Å². The molecule has 0 unspecified atom stereocenters. The molecular weight excluding hydrogens is 228 g/mol. The van der Waals surface area contributed by atoms with Gasteiger partial charge in [-0.25, -0.2) is 0 Å². The minimum atomic E-state index is 0.00890. The summed E-state index contributed by atoms with van der Waals surface area (Å²) in [5, 5.41) is 0.00890. The quantitative estimate of drug-likeness (QED) is 0.865. The van der Waals surface area contributed by atoms with Crippen LogP contribution in [0.5, 0.6) is 11.8 Å². The van der Waals surface area contributed by atoms with Crippen molar-refractivity contribution in [2.24, 2.45) is 0 Å². The number of aryl methyl sites for hydroxylation is 1. The summed E-state index contributed by atoms with van der Waals surface area (Å²) in [6, 6.07) is 7.54. The van der Waals surface area contributed by atoms with E-state index in [-0.39, 0.29) is 17.2 Å². The van der Waals surface area contributed by atoms with Crippen molar-refractivity contribution in [3.8, 4) is 11.8 Å². The van der Waals surface area contributed by atoms with E-state index in [4.69, 9.17) is 22.1 Å². The van der Waals surface area contributed by atoms with Crippen LogP contribution in [0.1, 0.15) is 5.56 Å². The molecule has 0 amide bonds. The van der Waals surface area contributed by atoms with Crippen molar-refractivity contribution in [2.45, 2.75) is 6.92 Å². The highest BCUT2D eigenvalue weighted by molar-refractivity contribution is 6.28. The third kappa shape index (κ3) is 2.58. The van der Waals surface area contributed by atoms with Crippen LogP contribution < -0.4 is 10.5 Å². The standard InChI is InChI=1S/C10H9ClN4O/c1-6-2-4-7(5-3-6)16-10-14-8(11)13-9(12)15-10/h2-5H,1H3,(H2,12,13,14,15). The first-order chi connectivity index (χ1) is 7.63. The van der Waals surface area contributed by atoms with E-state index in [0.717, 1.165) is 5.56 Å². The summed E-state index contributed by atoms with van der Waals surface area (Å²) in [6.45, 7) is 1.99. The largest absolute Gasteiger partial charge is 0.424 e. The summed E-state index contributed by atoms with van der Waals surface area (Å²) in [4.78, 5) is 11.2. The van der Waals surface area contributed by atoms with Crippen molar-refractivity contribution in [3.05, 3.63) is 35.1 Å². The SMILES string of the molecule is Cc1ccc(Oc2nc(N)nc(Cl)n2)cc1. The van der Waals surface area contributed by atoms with Gasteiger partial charge in [0.15, 0.2) is 0 Å². The summed E-state index contributed by atoms with van der Waals surface area (Å²) in [5.41, 5.74) is 6.55. The molecule has 1 aromatic heterocycles. The average molecular weight is 237 g/mol. The number of nitrogen functional groups attached to an aromatic ring is 1. The fraction of sp³-hybridized carbons (Fsp3) is 0.100. The predicted octanol–water partition coefficient (Wildman–Crippen LogP) is 2.21. The van der Waals surface area contributed by atoms with Crippen LogP contribution in [0, 0.1) is 6.92 Å². The summed E-state index contributed by atoms with van der Waals surface area (Å²) in [6.07, 6.45) is 0. The number of nitrogens with two attached hydrogens (primary N) is 1. The molecular formula is C10H9ClN4O. The minimum Gasteiger partial charge on any atom is -0.424 e. The van der Waals surface area contributed by atoms with E-state index in [0.29, 0.717) is 5.75 Å². The van der Waals surface area contributed by atoms with Gasteiger partial charge in [-0.3, -0.25) is 0 Å². The van der Waals surface area contributed by atoms with Crippen LogP contribution in [0.3, 0.4) is 0 Å². The van der Waals surface area contributed by atoms with E-state index >= 15 is 0 Å². The summed E-state index contributed by atoms with van der Waals surface area (Å²) < 4.78 is 5.37. The molecule has 0 atom stereocenters. The van der Waals surface area contributed by atoms with Crippen LogP contribution in [0.4, 0.5) is 5.95 Å². The lowest BCUT2D eigenvalue weighted by Gasteiger charge is -2.04. The molecule has 2 aromatic rings. The van der Waals surface area contributed by atoms with Crippen molar-refractivity contribution in [1.29, 1.82) is 0 Å². The van der Waals surface area contributed by atoms with E-state index in [1.54, 1.807) is 0 Å². The number of ether oxygens (including phenoxy) is 1. The van der Waals surface area contributed by atoms with Crippen LogP contribution in [0.15, 0.2) is 24.3 Å². The van der Waals surface area contributed by atoms with Crippen molar-refractivity contribution in [3.63, 3.8) is 0 Å². The van der Waals surface area contributed by atoms with Gasteiger partial charge in [0.05, 0.1) is 0 Å². The Morgan fingerprint density at radius 2 is 1.81 bits per heavy atom. The van der Waals surface area contributed by atoms with Gasteiger partial charge in [-0.1, -0.05) is 17.7 Å². The monoisotopic (exact) mass is 236 g/mol. The summed E-state index contributed by atoms with van der Waals surface area (Å²) >= 11 is 5.62.